The van der Waals surface area contributed by atoms with Crippen LogP contribution in [0.3, 0.4) is 0 Å². The highest BCUT2D eigenvalue weighted by Gasteiger charge is 2.15. The van der Waals surface area contributed by atoms with Crippen molar-refractivity contribution in [3.05, 3.63) is 30.1 Å². The Hall–Kier alpha value is -0.840. The van der Waals surface area contributed by atoms with Gasteiger partial charge in [-0.05, 0) is 57.3 Å². The molecule has 2 N–H and O–H groups in total. The van der Waals surface area contributed by atoms with E-state index in [2.05, 4.69) is 15.6 Å². The van der Waals surface area contributed by atoms with Crippen molar-refractivity contribution in [2.75, 3.05) is 13.1 Å². The van der Waals surface area contributed by atoms with Crippen LogP contribution in [0.15, 0.2) is 24.4 Å². The highest BCUT2D eigenvalue weighted by atomic mass is 35.5. The number of carbonyl (C=O) groups is 1. The minimum Gasteiger partial charge on any atom is -0.348 e. The number of rotatable bonds is 5. The number of amides is 1. The van der Waals surface area contributed by atoms with Gasteiger partial charge in [0.2, 0.25) is 5.91 Å². The quantitative estimate of drug-likeness (QED) is 0.871. The third-order valence-corrected chi connectivity index (χ3v) is 3.75. The maximum atomic E-state index is 11.9. The molecule has 0 saturated carbocycles. The van der Waals surface area contributed by atoms with Crippen LogP contribution in [-0.2, 0) is 4.79 Å². The predicted octanol–water partition coefficient (Wildman–Crippen LogP) is 2.88. The number of hydrogen-bond acceptors (Lipinski definition) is 3. The van der Waals surface area contributed by atoms with Gasteiger partial charge in [-0.3, -0.25) is 9.78 Å². The number of nitrogens with zero attached hydrogens (tertiary/aromatic N) is 1. The van der Waals surface area contributed by atoms with Gasteiger partial charge >= 0.3 is 0 Å². The number of hydrogen-bond donors (Lipinski definition) is 2. The van der Waals surface area contributed by atoms with Crippen molar-refractivity contribution in [3.63, 3.8) is 0 Å². The van der Waals surface area contributed by atoms with Gasteiger partial charge < -0.3 is 10.6 Å². The van der Waals surface area contributed by atoms with E-state index in [4.69, 9.17) is 0 Å². The summed E-state index contributed by atoms with van der Waals surface area (Å²) in [5.41, 5.74) is 0.915. The van der Waals surface area contributed by atoms with Crippen LogP contribution in [0.2, 0.25) is 0 Å². The van der Waals surface area contributed by atoms with Crippen molar-refractivity contribution in [2.24, 2.45) is 5.92 Å². The third kappa shape index (κ3) is 7.11. The van der Waals surface area contributed by atoms with Gasteiger partial charge in [0.25, 0.3) is 0 Å². The third-order valence-electron chi connectivity index (χ3n) is 3.75. The zero-order chi connectivity index (χ0) is 13.5. The largest absolute Gasteiger partial charge is 0.348 e. The van der Waals surface area contributed by atoms with Crippen LogP contribution >= 0.6 is 24.8 Å². The Bertz CT molecular complexity index is 397. The molecular formula is C15H25Cl2N3O. The van der Waals surface area contributed by atoms with E-state index in [9.17, 15) is 4.79 Å². The number of nitrogens with one attached hydrogen (secondary N) is 2. The fraction of sp³-hybridized carbons (Fsp3) is 0.600. The van der Waals surface area contributed by atoms with E-state index in [-0.39, 0.29) is 36.8 Å². The van der Waals surface area contributed by atoms with Gasteiger partial charge in [-0.1, -0.05) is 6.07 Å². The second-order valence-corrected chi connectivity index (χ2v) is 5.28. The van der Waals surface area contributed by atoms with Crippen molar-refractivity contribution >= 4 is 30.7 Å². The molecule has 1 aliphatic rings. The van der Waals surface area contributed by atoms with E-state index in [1.165, 1.54) is 12.8 Å². The monoisotopic (exact) mass is 333 g/mol. The van der Waals surface area contributed by atoms with Crippen molar-refractivity contribution in [1.29, 1.82) is 0 Å². The topological polar surface area (TPSA) is 54.0 Å². The summed E-state index contributed by atoms with van der Waals surface area (Å²) in [6, 6.07) is 5.76. The molecule has 2 rings (SSSR count). The van der Waals surface area contributed by atoms with Crippen LogP contribution in [0, 0.1) is 5.92 Å². The van der Waals surface area contributed by atoms with Crippen molar-refractivity contribution in [2.45, 2.75) is 38.6 Å². The van der Waals surface area contributed by atoms with E-state index in [0.29, 0.717) is 12.3 Å². The first kappa shape index (κ1) is 20.2. The van der Waals surface area contributed by atoms with E-state index in [1.807, 2.05) is 25.1 Å². The van der Waals surface area contributed by atoms with E-state index < -0.39 is 0 Å². The van der Waals surface area contributed by atoms with Crippen LogP contribution in [-0.4, -0.2) is 24.0 Å². The SMILES string of the molecule is CC(NC(=O)CCC1CCNCC1)c1ccccn1.Cl.Cl. The molecule has 0 aromatic carbocycles. The molecule has 1 unspecified atom stereocenters. The van der Waals surface area contributed by atoms with E-state index >= 15 is 0 Å². The maximum absolute atomic E-state index is 11.9. The van der Waals surface area contributed by atoms with Gasteiger partial charge in [0.1, 0.15) is 0 Å². The van der Waals surface area contributed by atoms with Crippen molar-refractivity contribution in [1.82, 2.24) is 15.6 Å². The summed E-state index contributed by atoms with van der Waals surface area (Å²) in [4.78, 5) is 16.2. The van der Waals surface area contributed by atoms with Crippen LogP contribution in [0.1, 0.15) is 44.3 Å². The van der Waals surface area contributed by atoms with E-state index in [1.54, 1.807) is 6.20 Å². The minimum absolute atomic E-state index is 0. The molecule has 0 aliphatic carbocycles. The fourth-order valence-corrected chi connectivity index (χ4v) is 2.53. The lowest BCUT2D eigenvalue weighted by Crippen LogP contribution is -2.30. The van der Waals surface area contributed by atoms with Gasteiger partial charge in [-0.2, -0.15) is 0 Å². The summed E-state index contributed by atoms with van der Waals surface area (Å²) < 4.78 is 0. The molecule has 1 aromatic rings. The summed E-state index contributed by atoms with van der Waals surface area (Å²) in [7, 11) is 0. The molecule has 0 radical (unpaired) electrons. The molecule has 1 atom stereocenters. The summed E-state index contributed by atoms with van der Waals surface area (Å²) >= 11 is 0. The Balaban J connectivity index is 0.00000200. The molecule has 0 spiro atoms. The molecule has 120 valence electrons. The van der Waals surface area contributed by atoms with Crippen molar-refractivity contribution in [3.8, 4) is 0 Å². The smallest absolute Gasteiger partial charge is 0.220 e. The normalized spacial score (nSPS) is 16.2. The molecule has 1 amide bonds. The van der Waals surface area contributed by atoms with Crippen LogP contribution in [0.25, 0.3) is 0 Å². The molecule has 1 aliphatic heterocycles. The van der Waals surface area contributed by atoms with E-state index in [0.717, 1.165) is 25.2 Å². The average molecular weight is 334 g/mol. The number of pyridine rings is 1. The number of aromatic nitrogens is 1. The molecular weight excluding hydrogens is 309 g/mol. The lowest BCUT2D eigenvalue weighted by Gasteiger charge is -2.22. The summed E-state index contributed by atoms with van der Waals surface area (Å²) in [5, 5.41) is 6.37. The maximum Gasteiger partial charge on any atom is 0.220 e. The first-order valence-electron chi connectivity index (χ1n) is 7.16. The van der Waals surface area contributed by atoms with Crippen LogP contribution in [0.5, 0.6) is 0 Å². The van der Waals surface area contributed by atoms with Gasteiger partial charge in [0.05, 0.1) is 11.7 Å². The van der Waals surface area contributed by atoms with Gasteiger partial charge in [-0.25, -0.2) is 0 Å². The molecule has 1 saturated heterocycles. The predicted molar refractivity (Wildman–Crippen MR) is 90.1 cm³/mol. The minimum atomic E-state index is -0.0123. The van der Waals surface area contributed by atoms with Gasteiger partial charge in [0, 0.05) is 12.6 Å². The lowest BCUT2D eigenvalue weighted by molar-refractivity contribution is -0.122. The Morgan fingerprint density at radius 1 is 1.38 bits per heavy atom. The fourth-order valence-electron chi connectivity index (χ4n) is 2.53. The zero-order valence-electron chi connectivity index (χ0n) is 12.4. The molecule has 4 nitrogen and oxygen atoms in total. The van der Waals surface area contributed by atoms with Crippen molar-refractivity contribution < 1.29 is 4.79 Å². The molecule has 21 heavy (non-hydrogen) atoms. The molecule has 6 heteroatoms. The number of halogens is 2. The first-order valence-corrected chi connectivity index (χ1v) is 7.16. The van der Waals surface area contributed by atoms with Crippen LogP contribution in [0.4, 0.5) is 0 Å². The second-order valence-electron chi connectivity index (χ2n) is 5.28. The number of piperidine rings is 1. The summed E-state index contributed by atoms with van der Waals surface area (Å²) in [6.07, 6.45) is 5.78. The second kappa shape index (κ2) is 10.8. The molecule has 1 aromatic heterocycles. The molecule has 2 heterocycles. The lowest BCUT2D eigenvalue weighted by atomic mass is 9.93. The zero-order valence-corrected chi connectivity index (χ0v) is 14.0. The molecule has 1 fully saturated rings. The highest BCUT2D eigenvalue weighted by Crippen LogP contribution is 2.18. The molecule has 0 bridgehead atoms. The first-order chi connectivity index (χ1) is 9.25. The number of carbonyl (C=O) groups excluding carboxylic acids is 1. The summed E-state index contributed by atoms with van der Waals surface area (Å²) in [6.45, 7) is 4.16. The highest BCUT2D eigenvalue weighted by molar-refractivity contribution is 5.85. The summed E-state index contributed by atoms with van der Waals surface area (Å²) in [5.74, 6) is 0.842. The standard InChI is InChI=1S/C15H23N3O.2ClH/c1-12(14-4-2-3-9-17-14)18-15(19)6-5-13-7-10-16-11-8-13;;/h2-4,9,12-13,16H,5-8,10-11H2,1H3,(H,18,19);2*1H. The van der Waals surface area contributed by atoms with Crippen LogP contribution < -0.4 is 10.6 Å². The Labute approximate surface area is 139 Å². The van der Waals surface area contributed by atoms with Gasteiger partial charge in [0.15, 0.2) is 0 Å². The average Bonchev–Trinajstić information content (AvgIpc) is 2.47. The Kier molecular flexibility index (Phi) is 10.4. The van der Waals surface area contributed by atoms with Gasteiger partial charge in [-0.15, -0.1) is 24.8 Å². The Morgan fingerprint density at radius 3 is 2.71 bits per heavy atom. The Morgan fingerprint density at radius 2 is 2.10 bits per heavy atom.